The molecule has 3 saturated carbocycles. The lowest BCUT2D eigenvalue weighted by atomic mass is 9.39. The van der Waals surface area contributed by atoms with Gasteiger partial charge in [-0.1, -0.05) is 109 Å². The Labute approximate surface area is 270 Å². The average Bonchev–Trinajstić information content (AvgIpc) is 3.06. The van der Waals surface area contributed by atoms with Crippen molar-refractivity contribution in [2.75, 3.05) is 0 Å². The Morgan fingerprint density at radius 2 is 0.818 bits per heavy atom. The molecule has 3 aliphatic carbocycles. The second-order valence-corrected chi connectivity index (χ2v) is 15.1. The van der Waals surface area contributed by atoms with Crippen LogP contribution in [0.1, 0.15) is 149 Å². The SMILES string of the molecule is CCc1ccccc1C1C[C@@H]2CC(c3c(CC)cccc3CC)C[C@H](C)C23[C@@H](C1)C[C@@H](c1c(CC)cccc1CC)C[C@H]3C. The smallest absolute Gasteiger partial charge is 0.0151 e. The highest BCUT2D eigenvalue weighted by atomic mass is 14.6. The minimum Gasteiger partial charge on any atom is -0.0620 e. The molecule has 0 aromatic heterocycles. The first-order valence-electron chi connectivity index (χ1n) is 18.7. The zero-order valence-electron chi connectivity index (χ0n) is 29.1. The van der Waals surface area contributed by atoms with Crippen molar-refractivity contribution in [1.29, 1.82) is 0 Å². The summed E-state index contributed by atoms with van der Waals surface area (Å²) in [4.78, 5) is 0. The molecule has 3 aromatic rings. The molecule has 0 heteroatoms. The Morgan fingerprint density at radius 3 is 1.23 bits per heavy atom. The zero-order valence-corrected chi connectivity index (χ0v) is 29.1. The van der Waals surface area contributed by atoms with E-state index < -0.39 is 0 Å². The van der Waals surface area contributed by atoms with Crippen molar-refractivity contribution in [2.24, 2.45) is 29.1 Å². The molecule has 0 amide bonds. The summed E-state index contributed by atoms with van der Waals surface area (Å²) in [6.07, 6.45) is 14.1. The molecular weight excluding hydrogens is 528 g/mol. The first-order valence-corrected chi connectivity index (χ1v) is 18.7. The van der Waals surface area contributed by atoms with E-state index in [0.717, 1.165) is 55.8 Å². The van der Waals surface area contributed by atoms with Gasteiger partial charge in [0, 0.05) is 0 Å². The highest BCUT2D eigenvalue weighted by molar-refractivity contribution is 5.42. The molecule has 3 aliphatic rings. The first kappa shape index (κ1) is 31.6. The minimum atomic E-state index is 0.478. The fourth-order valence-corrected chi connectivity index (χ4v) is 12.0. The molecule has 8 atom stereocenters. The van der Waals surface area contributed by atoms with Crippen LogP contribution < -0.4 is 0 Å². The molecule has 0 heterocycles. The Bertz CT molecular complexity index is 1300. The van der Waals surface area contributed by atoms with Crippen LogP contribution in [-0.4, -0.2) is 0 Å². The Balaban J connectivity index is 1.44. The van der Waals surface area contributed by atoms with Gasteiger partial charge in [0.2, 0.25) is 0 Å². The Hall–Kier alpha value is -2.34. The maximum Gasteiger partial charge on any atom is -0.0151 e. The number of rotatable bonds is 8. The van der Waals surface area contributed by atoms with Gasteiger partial charge in [-0.2, -0.15) is 0 Å². The first-order chi connectivity index (χ1) is 21.4. The monoisotopic (exact) mass is 588 g/mol. The molecule has 236 valence electrons. The van der Waals surface area contributed by atoms with Gasteiger partial charge in [0.25, 0.3) is 0 Å². The number of hydrogen-bond acceptors (Lipinski definition) is 0. The van der Waals surface area contributed by atoms with Crippen molar-refractivity contribution >= 4 is 0 Å². The van der Waals surface area contributed by atoms with Gasteiger partial charge in [-0.05, 0) is 162 Å². The summed E-state index contributed by atoms with van der Waals surface area (Å²) in [5.41, 5.74) is 13.7. The maximum atomic E-state index is 2.71. The third kappa shape index (κ3) is 5.21. The third-order valence-electron chi connectivity index (χ3n) is 13.5. The molecule has 3 fully saturated rings. The molecule has 0 bridgehead atoms. The van der Waals surface area contributed by atoms with E-state index in [9.17, 15) is 0 Å². The van der Waals surface area contributed by atoms with Gasteiger partial charge >= 0.3 is 0 Å². The van der Waals surface area contributed by atoms with Crippen LogP contribution >= 0.6 is 0 Å². The predicted octanol–water partition coefficient (Wildman–Crippen LogP) is 12.0. The fraction of sp³-hybridized carbons (Fsp3) is 0.591. The van der Waals surface area contributed by atoms with Gasteiger partial charge in [-0.25, -0.2) is 0 Å². The lowest BCUT2D eigenvalue weighted by Crippen LogP contribution is -2.57. The van der Waals surface area contributed by atoms with Gasteiger partial charge < -0.3 is 0 Å². The summed E-state index contributed by atoms with van der Waals surface area (Å²) in [6.45, 7) is 17.3. The van der Waals surface area contributed by atoms with E-state index in [0.29, 0.717) is 23.2 Å². The van der Waals surface area contributed by atoms with E-state index in [1.165, 1.54) is 38.5 Å². The van der Waals surface area contributed by atoms with Crippen LogP contribution in [0.25, 0.3) is 0 Å². The van der Waals surface area contributed by atoms with Gasteiger partial charge in [-0.15, -0.1) is 0 Å². The lowest BCUT2D eigenvalue weighted by molar-refractivity contribution is -0.139. The summed E-state index contributed by atoms with van der Waals surface area (Å²) in [5, 5.41) is 0. The largest absolute Gasteiger partial charge is 0.0620 e. The molecule has 0 N–H and O–H groups in total. The molecule has 44 heavy (non-hydrogen) atoms. The predicted molar refractivity (Wildman–Crippen MR) is 190 cm³/mol. The molecule has 3 aromatic carbocycles. The van der Waals surface area contributed by atoms with E-state index >= 15 is 0 Å². The van der Waals surface area contributed by atoms with Crippen LogP contribution in [-0.2, 0) is 32.1 Å². The Kier molecular flexibility index (Phi) is 9.48. The van der Waals surface area contributed by atoms with E-state index in [-0.39, 0.29) is 0 Å². The molecule has 3 unspecified atom stereocenters. The third-order valence-corrected chi connectivity index (χ3v) is 13.5. The number of hydrogen-bond donors (Lipinski definition) is 0. The summed E-state index contributed by atoms with van der Waals surface area (Å²) < 4.78 is 0. The standard InChI is InChI=1S/C44H60/c1-8-31-17-13-14-22-41(31)36-25-39-27-37(42-32(9-2)18-15-19-33(42)10-3)23-29(6)44(39)30(7)24-38(28-40(44)26-36)43-34(11-4)20-16-21-35(43)12-5/h13-22,29-30,36-40H,8-12,23-28H2,1-7H3/t29-,30+,36?,37+,38?,39+,40-,44?/m1/s1. The Morgan fingerprint density at radius 1 is 0.455 bits per heavy atom. The van der Waals surface area contributed by atoms with Crippen molar-refractivity contribution in [1.82, 2.24) is 0 Å². The normalized spacial score (nSPS) is 31.8. The topological polar surface area (TPSA) is 0 Å². The average molecular weight is 589 g/mol. The van der Waals surface area contributed by atoms with E-state index in [1.807, 2.05) is 0 Å². The van der Waals surface area contributed by atoms with Crippen LogP contribution in [0.3, 0.4) is 0 Å². The van der Waals surface area contributed by atoms with E-state index in [4.69, 9.17) is 0 Å². The van der Waals surface area contributed by atoms with Crippen molar-refractivity contribution in [3.63, 3.8) is 0 Å². The number of aryl methyl sites for hydroxylation is 5. The zero-order chi connectivity index (χ0) is 31.0. The molecule has 1 spiro atoms. The summed E-state index contributed by atoms with van der Waals surface area (Å²) in [7, 11) is 0. The maximum absolute atomic E-state index is 2.71. The van der Waals surface area contributed by atoms with Gasteiger partial charge in [-0.3, -0.25) is 0 Å². The van der Waals surface area contributed by atoms with Crippen LogP contribution in [0.4, 0.5) is 0 Å². The molecule has 0 aliphatic heterocycles. The fourth-order valence-electron chi connectivity index (χ4n) is 12.0. The second kappa shape index (κ2) is 13.2. The van der Waals surface area contributed by atoms with Crippen molar-refractivity contribution in [3.8, 4) is 0 Å². The highest BCUT2D eigenvalue weighted by Gasteiger charge is 2.61. The van der Waals surface area contributed by atoms with Crippen LogP contribution in [0.5, 0.6) is 0 Å². The molecule has 0 radical (unpaired) electrons. The molecular formula is C44H60. The lowest BCUT2D eigenvalue weighted by Gasteiger charge is -2.65. The molecule has 0 saturated heterocycles. The van der Waals surface area contributed by atoms with E-state index in [1.54, 1.807) is 44.5 Å². The minimum absolute atomic E-state index is 0.478. The van der Waals surface area contributed by atoms with Crippen molar-refractivity contribution in [2.45, 2.75) is 137 Å². The van der Waals surface area contributed by atoms with Crippen molar-refractivity contribution < 1.29 is 0 Å². The summed E-state index contributed by atoms with van der Waals surface area (Å²) in [6, 6.07) is 23.9. The number of benzene rings is 3. The van der Waals surface area contributed by atoms with Crippen molar-refractivity contribution in [3.05, 3.63) is 105 Å². The second-order valence-electron chi connectivity index (χ2n) is 15.1. The van der Waals surface area contributed by atoms with Gasteiger partial charge in [0.15, 0.2) is 0 Å². The quantitative estimate of drug-likeness (QED) is 0.245. The summed E-state index contributed by atoms with van der Waals surface area (Å²) >= 11 is 0. The molecule has 0 nitrogen and oxygen atoms in total. The van der Waals surface area contributed by atoms with Crippen LogP contribution in [0.15, 0.2) is 60.7 Å². The van der Waals surface area contributed by atoms with E-state index in [2.05, 4.69) is 109 Å². The van der Waals surface area contributed by atoms with Crippen LogP contribution in [0, 0.1) is 29.1 Å². The highest BCUT2D eigenvalue weighted by Crippen LogP contribution is 2.70. The van der Waals surface area contributed by atoms with Crippen LogP contribution in [0.2, 0.25) is 0 Å². The molecule has 6 rings (SSSR count). The summed E-state index contributed by atoms with van der Waals surface area (Å²) in [5.74, 6) is 5.29. The van der Waals surface area contributed by atoms with Gasteiger partial charge in [0.1, 0.15) is 0 Å². The van der Waals surface area contributed by atoms with Gasteiger partial charge in [0.05, 0.1) is 0 Å².